The van der Waals surface area contributed by atoms with Gasteiger partial charge in [0.05, 0.1) is 0 Å². The van der Waals surface area contributed by atoms with Crippen molar-refractivity contribution in [3.8, 4) is 0 Å². The van der Waals surface area contributed by atoms with Crippen LogP contribution in [-0.4, -0.2) is 43.7 Å². The number of nitrogens with one attached hydrogen (secondary N) is 2. The summed E-state index contributed by atoms with van der Waals surface area (Å²) >= 11 is 1.46. The van der Waals surface area contributed by atoms with E-state index in [2.05, 4.69) is 15.5 Å². The summed E-state index contributed by atoms with van der Waals surface area (Å²) in [5.74, 6) is -0.809. The average Bonchev–Trinajstić information content (AvgIpc) is 2.71. The maximum atomic E-state index is 11.4. The zero-order valence-electron chi connectivity index (χ0n) is 11.0. The zero-order valence-corrected chi connectivity index (χ0v) is 11.8. The fourth-order valence-electron chi connectivity index (χ4n) is 2.44. The van der Waals surface area contributed by atoms with Gasteiger partial charge in [0.2, 0.25) is 0 Å². The number of H-pyrrole nitrogens is 1. The van der Waals surface area contributed by atoms with Gasteiger partial charge in [-0.25, -0.2) is 9.89 Å². The van der Waals surface area contributed by atoms with Crippen molar-refractivity contribution in [1.29, 1.82) is 0 Å². The first-order valence-corrected chi connectivity index (χ1v) is 7.07. The molecule has 1 aliphatic rings. The summed E-state index contributed by atoms with van der Waals surface area (Å²) in [6, 6.07) is 0. The van der Waals surface area contributed by atoms with E-state index in [4.69, 9.17) is 0 Å². The van der Waals surface area contributed by atoms with Gasteiger partial charge in [0.15, 0.2) is 5.16 Å². The fourth-order valence-corrected chi connectivity index (χ4v) is 3.73. The van der Waals surface area contributed by atoms with Gasteiger partial charge in [0.1, 0.15) is 5.54 Å². The maximum absolute atomic E-state index is 11.4. The molecule has 0 spiro atoms. The number of hydrogen-bond acceptors (Lipinski definition) is 5. The molecule has 1 aromatic rings. The van der Waals surface area contributed by atoms with Crippen LogP contribution in [-0.2, 0) is 11.8 Å². The Morgan fingerprint density at radius 1 is 1.68 bits per heavy atom. The molecule has 1 aliphatic carbocycles. The Morgan fingerprint density at radius 3 is 2.95 bits per heavy atom. The smallest absolute Gasteiger partial charge is 0.343 e. The van der Waals surface area contributed by atoms with E-state index in [9.17, 15) is 14.7 Å². The van der Waals surface area contributed by atoms with Crippen LogP contribution in [0.3, 0.4) is 0 Å². The van der Waals surface area contributed by atoms with Crippen molar-refractivity contribution < 1.29 is 9.90 Å². The first-order valence-electron chi connectivity index (χ1n) is 6.19. The highest BCUT2D eigenvalue weighted by Gasteiger charge is 2.42. The Balaban J connectivity index is 2.12. The Kier molecular flexibility index (Phi) is 4.00. The molecule has 0 aliphatic heterocycles. The molecule has 7 nitrogen and oxygen atoms in total. The third-order valence-corrected chi connectivity index (χ3v) is 5.02. The molecule has 1 fully saturated rings. The molecule has 3 N–H and O–H groups in total. The number of thioether (sulfide) groups is 1. The van der Waals surface area contributed by atoms with Gasteiger partial charge in [0.25, 0.3) is 0 Å². The van der Waals surface area contributed by atoms with E-state index in [1.807, 2.05) is 0 Å². The molecular formula is C11H18N4O3S. The number of carbonyl (C=O) groups is 1. The summed E-state index contributed by atoms with van der Waals surface area (Å²) < 4.78 is 1.45. The van der Waals surface area contributed by atoms with Crippen molar-refractivity contribution >= 4 is 17.7 Å². The van der Waals surface area contributed by atoms with E-state index in [-0.39, 0.29) is 10.9 Å². The Labute approximate surface area is 114 Å². The minimum Gasteiger partial charge on any atom is -0.480 e. The van der Waals surface area contributed by atoms with Gasteiger partial charge >= 0.3 is 11.7 Å². The van der Waals surface area contributed by atoms with Gasteiger partial charge in [-0.15, -0.1) is 5.10 Å². The van der Waals surface area contributed by atoms with Crippen molar-refractivity contribution in [2.75, 3.05) is 7.05 Å². The molecule has 1 saturated carbocycles. The molecule has 0 aromatic carbocycles. The molecule has 1 heterocycles. The van der Waals surface area contributed by atoms with Crippen LogP contribution < -0.4 is 11.0 Å². The number of nitrogens with zero attached hydrogens (tertiary/aromatic N) is 2. The van der Waals surface area contributed by atoms with Crippen molar-refractivity contribution in [1.82, 2.24) is 20.1 Å². The first-order chi connectivity index (χ1) is 8.98. The molecule has 2 atom stereocenters. The van der Waals surface area contributed by atoms with E-state index in [1.54, 1.807) is 14.1 Å². The number of hydrogen-bond donors (Lipinski definition) is 3. The van der Waals surface area contributed by atoms with Crippen LogP contribution >= 0.6 is 11.8 Å². The Bertz CT molecular complexity index is 526. The zero-order chi connectivity index (χ0) is 14.0. The predicted molar refractivity (Wildman–Crippen MR) is 71.4 cm³/mol. The summed E-state index contributed by atoms with van der Waals surface area (Å²) in [5.41, 5.74) is -1.11. The SMILES string of the molecule is CNC1(C(=O)O)CCCC(Sc2n[nH]c(=O)n2C)C1. The topological polar surface area (TPSA) is 100 Å². The highest BCUT2D eigenvalue weighted by Crippen LogP contribution is 2.37. The number of likely N-dealkylation sites (N-methyl/N-ethyl adjacent to an activating group) is 1. The second kappa shape index (κ2) is 5.38. The van der Waals surface area contributed by atoms with Crippen molar-refractivity contribution in [3.63, 3.8) is 0 Å². The van der Waals surface area contributed by atoms with Gasteiger partial charge in [-0.05, 0) is 32.7 Å². The molecular weight excluding hydrogens is 268 g/mol. The lowest BCUT2D eigenvalue weighted by Gasteiger charge is -2.36. The second-order valence-electron chi connectivity index (χ2n) is 4.84. The van der Waals surface area contributed by atoms with Crippen LogP contribution in [0.25, 0.3) is 0 Å². The average molecular weight is 286 g/mol. The summed E-state index contributed by atoms with van der Waals surface area (Å²) in [6.45, 7) is 0. The summed E-state index contributed by atoms with van der Waals surface area (Å²) in [5, 5.41) is 19.4. The van der Waals surface area contributed by atoms with Crippen molar-refractivity contribution in [2.24, 2.45) is 7.05 Å². The van der Waals surface area contributed by atoms with Gasteiger partial charge in [-0.3, -0.25) is 9.36 Å². The number of aliphatic carboxylic acids is 1. The largest absolute Gasteiger partial charge is 0.480 e. The number of carboxylic acid groups (broad SMARTS) is 1. The molecule has 0 amide bonds. The summed E-state index contributed by atoms with van der Waals surface area (Å²) in [4.78, 5) is 22.7. The highest BCUT2D eigenvalue weighted by molar-refractivity contribution is 7.99. The fraction of sp³-hybridized carbons (Fsp3) is 0.727. The maximum Gasteiger partial charge on any atom is 0.343 e. The van der Waals surface area contributed by atoms with Gasteiger partial charge in [-0.2, -0.15) is 0 Å². The monoisotopic (exact) mass is 286 g/mol. The lowest BCUT2D eigenvalue weighted by atomic mass is 9.81. The highest BCUT2D eigenvalue weighted by atomic mass is 32.2. The third kappa shape index (κ3) is 2.69. The van der Waals surface area contributed by atoms with Gasteiger partial charge in [-0.1, -0.05) is 11.8 Å². The van der Waals surface area contributed by atoms with Gasteiger partial charge < -0.3 is 10.4 Å². The molecule has 2 rings (SSSR count). The quantitative estimate of drug-likeness (QED) is 0.730. The predicted octanol–water partition coefficient (Wildman–Crippen LogP) is 0.186. The molecule has 0 saturated heterocycles. The minimum atomic E-state index is -0.856. The Morgan fingerprint density at radius 2 is 2.42 bits per heavy atom. The molecule has 1 aromatic heterocycles. The first kappa shape index (κ1) is 14.1. The van der Waals surface area contributed by atoms with Crippen LogP contribution in [0, 0.1) is 0 Å². The van der Waals surface area contributed by atoms with Crippen LogP contribution in [0.15, 0.2) is 9.95 Å². The summed E-state index contributed by atoms with van der Waals surface area (Å²) in [7, 11) is 3.34. The van der Waals surface area contributed by atoms with Crippen LogP contribution in [0.2, 0.25) is 0 Å². The molecule has 0 radical (unpaired) electrons. The third-order valence-electron chi connectivity index (χ3n) is 3.70. The molecule has 106 valence electrons. The number of rotatable bonds is 4. The minimum absolute atomic E-state index is 0.145. The van der Waals surface area contributed by atoms with Crippen LogP contribution in [0.5, 0.6) is 0 Å². The normalized spacial score (nSPS) is 27.4. The molecule has 8 heteroatoms. The van der Waals surface area contributed by atoms with Crippen molar-refractivity contribution in [2.45, 2.75) is 41.6 Å². The second-order valence-corrected chi connectivity index (χ2v) is 6.11. The van der Waals surface area contributed by atoms with Crippen LogP contribution in [0.4, 0.5) is 0 Å². The van der Waals surface area contributed by atoms with E-state index < -0.39 is 11.5 Å². The number of aromatic amines is 1. The number of carboxylic acids is 1. The van der Waals surface area contributed by atoms with E-state index in [1.165, 1.54) is 16.3 Å². The molecule has 0 bridgehead atoms. The Hall–Kier alpha value is -1.28. The van der Waals surface area contributed by atoms with E-state index in [0.717, 1.165) is 12.8 Å². The standard InChI is InChI=1S/C11H18N4O3S/c1-12-11(8(16)17)5-3-4-7(6-11)19-10-14-13-9(18)15(10)2/h7,12H,3-6H2,1-2H3,(H,13,18)(H,16,17). The summed E-state index contributed by atoms with van der Waals surface area (Å²) in [6.07, 6.45) is 2.95. The van der Waals surface area contributed by atoms with Gasteiger partial charge in [0, 0.05) is 12.3 Å². The lowest BCUT2D eigenvalue weighted by Crippen LogP contribution is -2.53. The van der Waals surface area contributed by atoms with E-state index >= 15 is 0 Å². The van der Waals surface area contributed by atoms with Crippen molar-refractivity contribution in [3.05, 3.63) is 10.5 Å². The molecule has 2 unspecified atom stereocenters. The lowest BCUT2D eigenvalue weighted by molar-refractivity contribution is -0.146. The molecule has 19 heavy (non-hydrogen) atoms. The number of aromatic nitrogens is 3. The van der Waals surface area contributed by atoms with E-state index in [0.29, 0.717) is 18.0 Å². The van der Waals surface area contributed by atoms with Crippen LogP contribution in [0.1, 0.15) is 25.7 Å².